The first-order chi connectivity index (χ1) is 9.91. The number of nitrogens with zero attached hydrogens (tertiary/aromatic N) is 4. The lowest BCUT2D eigenvalue weighted by molar-refractivity contribution is -0.132. The number of rotatable bonds is 3. The predicted octanol–water partition coefficient (Wildman–Crippen LogP) is -0.459. The summed E-state index contributed by atoms with van der Waals surface area (Å²) in [6, 6.07) is 0. The van der Waals surface area contributed by atoms with Gasteiger partial charge in [-0.25, -0.2) is 0 Å². The number of carbonyl (C=O) groups is 2. The monoisotopic (exact) mass is 293 g/mol. The molecule has 0 unspecified atom stereocenters. The molecule has 1 aliphatic heterocycles. The first-order valence-corrected chi connectivity index (χ1v) is 7.16. The van der Waals surface area contributed by atoms with E-state index >= 15 is 0 Å². The number of likely N-dealkylation sites (N-methyl/N-ethyl adjacent to an activating group) is 1. The molecule has 0 spiro atoms. The van der Waals surface area contributed by atoms with E-state index in [4.69, 9.17) is 0 Å². The van der Waals surface area contributed by atoms with Crippen molar-refractivity contribution in [3.8, 4) is 0 Å². The molecular weight excluding hydrogens is 270 g/mol. The second-order valence-corrected chi connectivity index (χ2v) is 5.46. The highest BCUT2D eigenvalue weighted by molar-refractivity contribution is 5.98. The molecule has 0 aliphatic carbocycles. The Kier molecular flexibility index (Phi) is 4.62. The minimum Gasteiger partial charge on any atom is -0.339 e. The van der Waals surface area contributed by atoms with E-state index in [-0.39, 0.29) is 18.4 Å². The molecule has 1 N–H and O–H groups in total. The fraction of sp³-hybridized carbons (Fsp3) is 0.643. The molecule has 2 heterocycles. The standard InChI is InChI=1S/C14H23N5O2/c1-10-13(11(2)18(4)16-10)14(21)17(3)9-12(20)19-7-5-15-6-8-19/h15H,5-9H2,1-4H3. The van der Waals surface area contributed by atoms with E-state index in [0.29, 0.717) is 24.3 Å². The van der Waals surface area contributed by atoms with Crippen LogP contribution in [-0.2, 0) is 11.8 Å². The number of amides is 2. The zero-order chi connectivity index (χ0) is 15.6. The van der Waals surface area contributed by atoms with E-state index in [1.54, 1.807) is 16.6 Å². The first kappa shape index (κ1) is 15.5. The summed E-state index contributed by atoms with van der Waals surface area (Å²) in [6.07, 6.45) is 0. The van der Waals surface area contributed by atoms with Crippen molar-refractivity contribution in [1.82, 2.24) is 24.9 Å². The molecule has 1 fully saturated rings. The molecule has 7 nitrogen and oxygen atoms in total. The van der Waals surface area contributed by atoms with E-state index in [0.717, 1.165) is 18.8 Å². The summed E-state index contributed by atoms with van der Waals surface area (Å²) in [6.45, 7) is 6.80. The van der Waals surface area contributed by atoms with Crippen molar-refractivity contribution in [1.29, 1.82) is 0 Å². The highest BCUT2D eigenvalue weighted by Crippen LogP contribution is 2.14. The van der Waals surface area contributed by atoms with Gasteiger partial charge in [0.25, 0.3) is 5.91 Å². The normalized spacial score (nSPS) is 15.1. The van der Waals surface area contributed by atoms with Gasteiger partial charge >= 0.3 is 0 Å². The van der Waals surface area contributed by atoms with Gasteiger partial charge in [0.15, 0.2) is 0 Å². The Labute approximate surface area is 124 Å². The van der Waals surface area contributed by atoms with Crippen LogP contribution in [0.15, 0.2) is 0 Å². The maximum Gasteiger partial charge on any atom is 0.257 e. The largest absolute Gasteiger partial charge is 0.339 e. The number of carbonyl (C=O) groups excluding carboxylic acids is 2. The van der Waals surface area contributed by atoms with E-state index in [9.17, 15) is 9.59 Å². The van der Waals surface area contributed by atoms with E-state index in [1.807, 2.05) is 20.9 Å². The zero-order valence-electron chi connectivity index (χ0n) is 13.1. The van der Waals surface area contributed by atoms with Gasteiger partial charge < -0.3 is 15.1 Å². The Morgan fingerprint density at radius 1 is 1.29 bits per heavy atom. The van der Waals surface area contributed by atoms with Crippen LogP contribution in [-0.4, -0.2) is 71.2 Å². The van der Waals surface area contributed by atoms with Gasteiger partial charge in [0, 0.05) is 46.0 Å². The van der Waals surface area contributed by atoms with Crippen LogP contribution in [0.1, 0.15) is 21.7 Å². The summed E-state index contributed by atoms with van der Waals surface area (Å²) in [4.78, 5) is 28.0. The van der Waals surface area contributed by atoms with Crippen LogP contribution in [0.5, 0.6) is 0 Å². The molecule has 0 bridgehead atoms. The number of aryl methyl sites for hydroxylation is 2. The smallest absolute Gasteiger partial charge is 0.257 e. The Morgan fingerprint density at radius 3 is 2.43 bits per heavy atom. The maximum absolute atomic E-state index is 12.5. The lowest BCUT2D eigenvalue weighted by Gasteiger charge is -2.29. The van der Waals surface area contributed by atoms with Gasteiger partial charge in [-0.3, -0.25) is 14.3 Å². The first-order valence-electron chi connectivity index (χ1n) is 7.16. The molecule has 2 amide bonds. The van der Waals surface area contributed by atoms with Crippen molar-refractivity contribution >= 4 is 11.8 Å². The molecule has 116 valence electrons. The summed E-state index contributed by atoms with van der Waals surface area (Å²) in [5, 5.41) is 7.45. The molecule has 7 heteroatoms. The molecular formula is C14H23N5O2. The minimum absolute atomic E-state index is 0.00783. The molecule has 1 aromatic rings. The van der Waals surface area contributed by atoms with Crippen LogP contribution >= 0.6 is 0 Å². The Morgan fingerprint density at radius 2 is 1.90 bits per heavy atom. The molecule has 0 aromatic carbocycles. The number of nitrogens with one attached hydrogen (secondary N) is 1. The number of hydrogen-bond donors (Lipinski definition) is 1. The summed E-state index contributed by atoms with van der Waals surface area (Å²) in [7, 11) is 3.47. The van der Waals surface area contributed by atoms with Crippen LogP contribution in [0.25, 0.3) is 0 Å². The van der Waals surface area contributed by atoms with Crippen LogP contribution < -0.4 is 5.32 Å². The summed E-state index contributed by atoms with van der Waals surface area (Å²) in [5.74, 6) is -0.159. The molecule has 1 aromatic heterocycles. The van der Waals surface area contributed by atoms with Gasteiger partial charge in [-0.2, -0.15) is 5.10 Å². The van der Waals surface area contributed by atoms with E-state index < -0.39 is 0 Å². The van der Waals surface area contributed by atoms with Crippen molar-refractivity contribution in [3.05, 3.63) is 17.0 Å². The molecule has 1 saturated heterocycles. The van der Waals surface area contributed by atoms with Crippen molar-refractivity contribution in [2.75, 3.05) is 39.8 Å². The van der Waals surface area contributed by atoms with Gasteiger partial charge in [0.05, 0.1) is 17.8 Å². The van der Waals surface area contributed by atoms with Crippen LogP contribution in [0, 0.1) is 13.8 Å². The van der Waals surface area contributed by atoms with E-state index in [1.165, 1.54) is 4.90 Å². The topological polar surface area (TPSA) is 70.5 Å². The number of piperazine rings is 1. The Balaban J connectivity index is 2.03. The average molecular weight is 293 g/mol. The van der Waals surface area contributed by atoms with Gasteiger partial charge in [-0.15, -0.1) is 0 Å². The fourth-order valence-electron chi connectivity index (χ4n) is 2.56. The number of aromatic nitrogens is 2. The van der Waals surface area contributed by atoms with Crippen LogP contribution in [0.3, 0.4) is 0 Å². The third kappa shape index (κ3) is 3.24. The quantitative estimate of drug-likeness (QED) is 0.819. The summed E-state index contributed by atoms with van der Waals surface area (Å²) < 4.78 is 1.69. The molecule has 0 saturated carbocycles. The maximum atomic E-state index is 12.5. The van der Waals surface area contributed by atoms with Gasteiger partial charge in [-0.05, 0) is 13.8 Å². The van der Waals surface area contributed by atoms with Crippen molar-refractivity contribution in [3.63, 3.8) is 0 Å². The van der Waals surface area contributed by atoms with Crippen LogP contribution in [0.2, 0.25) is 0 Å². The third-order valence-corrected chi connectivity index (χ3v) is 3.91. The second kappa shape index (κ2) is 6.26. The van der Waals surface area contributed by atoms with Crippen molar-refractivity contribution in [2.45, 2.75) is 13.8 Å². The summed E-state index contributed by atoms with van der Waals surface area (Å²) >= 11 is 0. The Bertz CT molecular complexity index is 546. The van der Waals surface area contributed by atoms with Gasteiger partial charge in [-0.1, -0.05) is 0 Å². The second-order valence-electron chi connectivity index (χ2n) is 5.46. The minimum atomic E-state index is -0.151. The molecule has 0 radical (unpaired) electrons. The average Bonchev–Trinajstić information content (AvgIpc) is 2.72. The lowest BCUT2D eigenvalue weighted by atomic mass is 10.1. The fourth-order valence-corrected chi connectivity index (χ4v) is 2.56. The highest BCUT2D eigenvalue weighted by Gasteiger charge is 2.24. The summed E-state index contributed by atoms with van der Waals surface area (Å²) in [5.41, 5.74) is 2.11. The molecule has 1 aliphatic rings. The SMILES string of the molecule is Cc1nn(C)c(C)c1C(=O)N(C)CC(=O)N1CCNCC1. The predicted molar refractivity (Wildman–Crippen MR) is 79.1 cm³/mol. The molecule has 21 heavy (non-hydrogen) atoms. The highest BCUT2D eigenvalue weighted by atomic mass is 16.2. The lowest BCUT2D eigenvalue weighted by Crippen LogP contribution is -2.49. The van der Waals surface area contributed by atoms with E-state index in [2.05, 4.69) is 10.4 Å². The molecule has 2 rings (SSSR count). The molecule has 0 atom stereocenters. The van der Waals surface area contributed by atoms with Gasteiger partial charge in [0.1, 0.15) is 0 Å². The van der Waals surface area contributed by atoms with Crippen molar-refractivity contribution in [2.24, 2.45) is 7.05 Å². The third-order valence-electron chi connectivity index (χ3n) is 3.91. The van der Waals surface area contributed by atoms with Crippen molar-refractivity contribution < 1.29 is 9.59 Å². The number of hydrogen-bond acceptors (Lipinski definition) is 4. The van der Waals surface area contributed by atoms with Crippen LogP contribution in [0.4, 0.5) is 0 Å². The zero-order valence-corrected chi connectivity index (χ0v) is 13.1. The van der Waals surface area contributed by atoms with Gasteiger partial charge in [0.2, 0.25) is 5.91 Å². The Hall–Kier alpha value is -1.89.